The number of hydrogen-bond acceptors (Lipinski definition) is 12. The summed E-state index contributed by atoms with van der Waals surface area (Å²) < 4.78 is 67.9. The zero-order chi connectivity index (χ0) is 14.3. The molecule has 0 aromatic heterocycles. The van der Waals surface area contributed by atoms with Gasteiger partial charge in [-0.2, -0.15) is 0 Å². The van der Waals surface area contributed by atoms with Crippen molar-refractivity contribution >= 4 is 49.0 Å². The predicted octanol–water partition coefficient (Wildman–Crippen LogP) is -5.64. The summed E-state index contributed by atoms with van der Waals surface area (Å²) in [7, 11) is -13.5. The van der Waals surface area contributed by atoms with E-state index in [9.17, 15) is 0 Å². The van der Waals surface area contributed by atoms with Gasteiger partial charge in [-0.1, -0.05) is 0 Å². The molecule has 96 valence electrons. The fourth-order valence-corrected chi connectivity index (χ4v) is 0. The standard InChI is InChI=1S/Al.Na.4HO3P/c;;4*1-4(2)3/h;;4*(H,1,2,3)/q+3;+1;;;;/p-4. The second-order valence-electron chi connectivity index (χ2n) is 0.894. The molecule has 0 aromatic carbocycles. The molecule has 0 aliphatic carbocycles. The van der Waals surface area contributed by atoms with Crippen LogP contribution in [0.2, 0.25) is 0 Å². The van der Waals surface area contributed by atoms with Crippen LogP contribution in [0.3, 0.4) is 0 Å². The van der Waals surface area contributed by atoms with E-state index >= 15 is 0 Å². The molecule has 0 aliphatic heterocycles. The van der Waals surface area contributed by atoms with Crippen molar-refractivity contribution < 1.29 is 85.7 Å². The minimum atomic E-state index is -3.37. The quantitative estimate of drug-likeness (QED) is 0.288. The summed E-state index contributed by atoms with van der Waals surface area (Å²) in [6.45, 7) is 0. The molecule has 0 spiro atoms. The topological polar surface area (TPSA) is 229 Å². The van der Waals surface area contributed by atoms with Gasteiger partial charge in [-0.25, -0.2) is 0 Å². The average Bonchev–Trinajstić information content (AvgIpc) is 1.76. The average molecular weight is 366 g/mol. The van der Waals surface area contributed by atoms with Crippen molar-refractivity contribution in [3.05, 3.63) is 0 Å². The van der Waals surface area contributed by atoms with E-state index in [2.05, 4.69) is 0 Å². The van der Waals surface area contributed by atoms with Gasteiger partial charge >= 0.3 is 46.9 Å². The predicted molar refractivity (Wildman–Crippen MR) is 38.9 cm³/mol. The summed E-state index contributed by atoms with van der Waals surface area (Å²) in [5, 5.41) is 0. The van der Waals surface area contributed by atoms with Crippen LogP contribution in [0.4, 0.5) is 0 Å². The molecule has 0 radical (unpaired) electrons. The molecular weight excluding hydrogens is 366 g/mol. The van der Waals surface area contributed by atoms with Gasteiger partial charge in [0.1, 0.15) is 0 Å². The van der Waals surface area contributed by atoms with E-state index in [0.717, 1.165) is 0 Å². The molecule has 0 unspecified atom stereocenters. The molecule has 18 heteroatoms. The van der Waals surface area contributed by atoms with Crippen LogP contribution in [-0.4, -0.2) is 17.4 Å². The Morgan fingerprint density at radius 1 is 0.444 bits per heavy atom. The maximum atomic E-state index is 8.48. The third kappa shape index (κ3) is 4580. The SMILES string of the molecule is O=P(=O)[O-].O=P(=O)[O-].O=P(=O)[O-].O=P(=O)[O-].[Al+3].[Na+]. The van der Waals surface area contributed by atoms with Gasteiger partial charge in [0.05, 0.1) is 0 Å². The van der Waals surface area contributed by atoms with Gasteiger partial charge in [-0.05, 0) is 0 Å². The second-order valence-corrected chi connectivity index (χ2v) is 2.68. The first kappa shape index (κ1) is 36.4. The molecule has 0 N–H and O–H groups in total. The van der Waals surface area contributed by atoms with Gasteiger partial charge in [0, 0.05) is 0 Å². The van der Waals surface area contributed by atoms with Crippen molar-refractivity contribution in [2.24, 2.45) is 0 Å². The third-order valence-electron chi connectivity index (χ3n) is 0. The summed E-state index contributed by atoms with van der Waals surface area (Å²) in [4.78, 5) is 33.9. The van der Waals surface area contributed by atoms with Crippen LogP contribution in [0.1, 0.15) is 0 Å². The van der Waals surface area contributed by atoms with Gasteiger partial charge in [-0.3, -0.25) is 36.5 Å². The normalized spacial score (nSPS) is 5.56. The third-order valence-corrected chi connectivity index (χ3v) is 0. The van der Waals surface area contributed by atoms with Crippen molar-refractivity contribution in [3.63, 3.8) is 0 Å². The largest absolute Gasteiger partial charge is 3.00 e. The Labute approximate surface area is 134 Å². The van der Waals surface area contributed by atoms with Gasteiger partial charge < -0.3 is 19.6 Å². The van der Waals surface area contributed by atoms with Crippen molar-refractivity contribution in [3.8, 4) is 0 Å². The molecule has 0 amide bonds. The van der Waals surface area contributed by atoms with Crippen molar-refractivity contribution in [1.29, 1.82) is 0 Å². The summed E-state index contributed by atoms with van der Waals surface area (Å²) in [5.41, 5.74) is 0. The van der Waals surface area contributed by atoms with E-state index in [1.54, 1.807) is 0 Å². The Morgan fingerprint density at radius 3 is 0.444 bits per heavy atom. The van der Waals surface area contributed by atoms with Gasteiger partial charge in [0.2, 0.25) is 31.6 Å². The summed E-state index contributed by atoms with van der Waals surface area (Å²) in [6, 6.07) is 0. The molecule has 0 rings (SSSR count). The first-order valence-electron chi connectivity index (χ1n) is 2.19. The Kier molecular flexibility index (Phi) is 62.2. The second kappa shape index (κ2) is 30.8. The monoisotopic (exact) mass is 366 g/mol. The van der Waals surface area contributed by atoms with Crippen LogP contribution in [0.5, 0.6) is 0 Å². The van der Waals surface area contributed by atoms with Crippen LogP contribution < -0.4 is 49.1 Å². The Morgan fingerprint density at radius 2 is 0.444 bits per heavy atom. The molecule has 12 nitrogen and oxygen atoms in total. The van der Waals surface area contributed by atoms with Crippen LogP contribution in [0.15, 0.2) is 0 Å². The minimum absolute atomic E-state index is 0. The van der Waals surface area contributed by atoms with Gasteiger partial charge in [0.15, 0.2) is 0 Å². The molecule has 0 saturated heterocycles. The molecule has 0 fully saturated rings. The van der Waals surface area contributed by atoms with E-state index in [1.165, 1.54) is 0 Å². The van der Waals surface area contributed by atoms with Crippen LogP contribution >= 0.6 is 31.6 Å². The molecule has 0 aromatic rings. The smallest absolute Gasteiger partial charge is 0.744 e. The maximum absolute atomic E-state index is 8.48. The van der Waals surface area contributed by atoms with Crippen molar-refractivity contribution in [2.75, 3.05) is 0 Å². The fourth-order valence-electron chi connectivity index (χ4n) is 0. The Hall–Kier alpha value is 0.972. The Balaban J connectivity index is -0.0000000257. The number of hydrogen-bond donors (Lipinski definition) is 0. The minimum Gasteiger partial charge on any atom is -0.744 e. The van der Waals surface area contributed by atoms with Crippen molar-refractivity contribution in [1.82, 2.24) is 0 Å². The summed E-state index contributed by atoms with van der Waals surface area (Å²) >= 11 is 0. The molecule has 0 saturated carbocycles. The van der Waals surface area contributed by atoms with Gasteiger partial charge in [-0.15, -0.1) is 0 Å². The first-order chi connectivity index (χ1) is 6.93. The molecule has 0 atom stereocenters. The van der Waals surface area contributed by atoms with Gasteiger partial charge in [0.25, 0.3) is 0 Å². The van der Waals surface area contributed by atoms with E-state index in [0.29, 0.717) is 0 Å². The maximum Gasteiger partial charge on any atom is 3.00 e. The van der Waals surface area contributed by atoms with E-state index in [1.807, 2.05) is 0 Å². The Bertz CT molecular complexity index is 298. The summed E-state index contributed by atoms with van der Waals surface area (Å²) in [6.07, 6.45) is 0. The summed E-state index contributed by atoms with van der Waals surface area (Å²) in [5.74, 6) is 0. The fraction of sp³-hybridized carbons (Fsp3) is 0. The zero-order valence-corrected chi connectivity index (χ0v) is 15.0. The molecule has 0 heterocycles. The molecule has 0 bridgehead atoms. The van der Waals surface area contributed by atoms with E-state index < -0.39 is 31.6 Å². The molecular formula is AlNaO12P4. The van der Waals surface area contributed by atoms with Crippen molar-refractivity contribution in [2.45, 2.75) is 0 Å². The first-order valence-corrected chi connectivity index (χ1v) is 6.57. The number of rotatable bonds is 0. The molecule has 18 heavy (non-hydrogen) atoms. The van der Waals surface area contributed by atoms with E-state index in [-0.39, 0.29) is 46.9 Å². The zero-order valence-electron chi connectivity index (χ0n) is 8.27. The van der Waals surface area contributed by atoms with E-state index in [4.69, 9.17) is 56.1 Å². The van der Waals surface area contributed by atoms with Crippen LogP contribution in [0, 0.1) is 0 Å². The van der Waals surface area contributed by atoms with Crippen LogP contribution in [-0.2, 0) is 36.5 Å². The van der Waals surface area contributed by atoms with Crippen LogP contribution in [0.25, 0.3) is 0 Å². The molecule has 0 aliphatic rings.